The number of benzene rings is 1. The Morgan fingerprint density at radius 1 is 1.18 bits per heavy atom. The van der Waals surface area contributed by atoms with E-state index in [9.17, 15) is 4.79 Å². The maximum atomic E-state index is 11.8. The second kappa shape index (κ2) is 5.15. The summed E-state index contributed by atoms with van der Waals surface area (Å²) in [7, 11) is 0. The molecule has 0 aliphatic rings. The van der Waals surface area contributed by atoms with Gasteiger partial charge in [-0.15, -0.1) is 11.3 Å². The zero-order valence-corrected chi connectivity index (χ0v) is 10.8. The summed E-state index contributed by atoms with van der Waals surface area (Å²) in [6, 6.07) is 9.88. The van der Waals surface area contributed by atoms with E-state index in [1.807, 2.05) is 49.6 Å². The molecule has 17 heavy (non-hydrogen) atoms. The summed E-state index contributed by atoms with van der Waals surface area (Å²) in [4.78, 5) is 12.7. The van der Waals surface area contributed by atoms with Crippen molar-refractivity contribution >= 4 is 22.8 Å². The van der Waals surface area contributed by atoms with E-state index in [0.29, 0.717) is 6.54 Å². The van der Waals surface area contributed by atoms with E-state index in [1.54, 1.807) is 0 Å². The Balaban J connectivity index is 2.06. The third-order valence-corrected chi connectivity index (χ3v) is 3.61. The fraction of sp³-hybridized carbons (Fsp3) is 0.214. The van der Waals surface area contributed by atoms with E-state index in [-0.39, 0.29) is 5.78 Å². The molecule has 0 spiro atoms. The summed E-state index contributed by atoms with van der Waals surface area (Å²) in [5.41, 5.74) is 3.41. The Hall–Kier alpha value is -1.61. The van der Waals surface area contributed by atoms with Gasteiger partial charge in [0.1, 0.15) is 0 Å². The number of ketones is 1. The van der Waals surface area contributed by atoms with Crippen LogP contribution in [-0.4, -0.2) is 12.3 Å². The molecular formula is C14H15NOS. The highest BCUT2D eigenvalue weighted by Crippen LogP contribution is 2.19. The van der Waals surface area contributed by atoms with Gasteiger partial charge in [0.05, 0.1) is 11.4 Å². The summed E-state index contributed by atoms with van der Waals surface area (Å²) < 4.78 is 0. The molecule has 1 aromatic heterocycles. The Labute approximate surface area is 105 Å². The highest BCUT2D eigenvalue weighted by atomic mass is 32.1. The minimum absolute atomic E-state index is 0.141. The summed E-state index contributed by atoms with van der Waals surface area (Å²) in [5.74, 6) is 0.141. The van der Waals surface area contributed by atoms with Crippen molar-refractivity contribution in [3.8, 4) is 0 Å². The van der Waals surface area contributed by atoms with E-state index in [4.69, 9.17) is 0 Å². The van der Waals surface area contributed by atoms with Gasteiger partial charge in [-0.3, -0.25) is 4.79 Å². The van der Waals surface area contributed by atoms with Gasteiger partial charge in [0.25, 0.3) is 0 Å². The number of carbonyl (C=O) groups is 1. The molecule has 0 fully saturated rings. The first-order chi connectivity index (χ1) is 8.18. The van der Waals surface area contributed by atoms with Crippen LogP contribution in [-0.2, 0) is 0 Å². The largest absolute Gasteiger partial charge is 0.377 e. The molecule has 1 heterocycles. The average molecular weight is 245 g/mol. The van der Waals surface area contributed by atoms with Crippen LogP contribution in [0.5, 0.6) is 0 Å². The van der Waals surface area contributed by atoms with Crippen molar-refractivity contribution in [3.63, 3.8) is 0 Å². The summed E-state index contributed by atoms with van der Waals surface area (Å²) in [6.07, 6.45) is 0. The van der Waals surface area contributed by atoms with Crippen LogP contribution in [0, 0.1) is 13.8 Å². The number of nitrogens with one attached hydrogen (secondary N) is 1. The molecule has 0 bridgehead atoms. The number of aryl methyl sites for hydroxylation is 2. The van der Waals surface area contributed by atoms with Crippen LogP contribution in [0.25, 0.3) is 0 Å². The van der Waals surface area contributed by atoms with Gasteiger partial charge in [-0.05, 0) is 36.4 Å². The molecule has 0 unspecified atom stereocenters. The number of hydrogen-bond donors (Lipinski definition) is 1. The van der Waals surface area contributed by atoms with Crippen LogP contribution < -0.4 is 5.32 Å². The van der Waals surface area contributed by atoms with Crippen molar-refractivity contribution in [2.24, 2.45) is 0 Å². The summed E-state index contributed by atoms with van der Waals surface area (Å²) in [5, 5.41) is 5.15. The number of thiophene rings is 1. The first-order valence-corrected chi connectivity index (χ1v) is 6.43. The van der Waals surface area contributed by atoms with Crippen LogP contribution in [0.3, 0.4) is 0 Å². The highest BCUT2D eigenvalue weighted by molar-refractivity contribution is 7.12. The van der Waals surface area contributed by atoms with Crippen molar-refractivity contribution in [1.82, 2.24) is 0 Å². The quantitative estimate of drug-likeness (QED) is 0.833. The molecule has 2 nitrogen and oxygen atoms in total. The van der Waals surface area contributed by atoms with Gasteiger partial charge in [-0.2, -0.15) is 0 Å². The van der Waals surface area contributed by atoms with Crippen molar-refractivity contribution in [1.29, 1.82) is 0 Å². The number of carbonyl (C=O) groups excluding carboxylic acids is 1. The number of rotatable bonds is 4. The smallest absolute Gasteiger partial charge is 0.191 e. The van der Waals surface area contributed by atoms with Crippen LogP contribution in [0.2, 0.25) is 0 Å². The molecule has 1 aromatic carbocycles. The maximum Gasteiger partial charge on any atom is 0.191 e. The second-order valence-corrected chi connectivity index (χ2v) is 4.97. The molecule has 2 aromatic rings. The van der Waals surface area contributed by atoms with Gasteiger partial charge in [0.15, 0.2) is 5.78 Å². The Bertz CT molecular complexity index is 497. The van der Waals surface area contributed by atoms with Crippen molar-refractivity contribution < 1.29 is 4.79 Å². The SMILES string of the molecule is Cc1cccc(C)c1NCC(=O)c1cccs1. The lowest BCUT2D eigenvalue weighted by atomic mass is 10.1. The average Bonchev–Trinajstić information content (AvgIpc) is 2.81. The molecule has 3 heteroatoms. The zero-order chi connectivity index (χ0) is 12.3. The fourth-order valence-electron chi connectivity index (χ4n) is 1.79. The normalized spacial score (nSPS) is 10.2. The molecular weight excluding hydrogens is 230 g/mol. The van der Waals surface area contributed by atoms with Crippen LogP contribution in [0.1, 0.15) is 20.8 Å². The molecule has 0 radical (unpaired) electrons. The van der Waals surface area contributed by atoms with Crippen LogP contribution >= 0.6 is 11.3 Å². The lowest BCUT2D eigenvalue weighted by Crippen LogP contribution is -2.14. The first kappa shape index (κ1) is 11.9. The number of Topliss-reactive ketones (excluding diaryl/α,β-unsaturated/α-hetero) is 1. The lowest BCUT2D eigenvalue weighted by Gasteiger charge is -2.11. The highest BCUT2D eigenvalue weighted by Gasteiger charge is 2.08. The van der Waals surface area contributed by atoms with Gasteiger partial charge >= 0.3 is 0 Å². The molecule has 0 aliphatic heterocycles. The predicted octanol–water partition coefficient (Wildman–Crippen LogP) is 3.66. The minimum atomic E-state index is 0.141. The third-order valence-electron chi connectivity index (χ3n) is 2.70. The summed E-state index contributed by atoms with van der Waals surface area (Å²) in [6.45, 7) is 4.45. The number of para-hydroxylation sites is 1. The molecule has 0 saturated heterocycles. The second-order valence-electron chi connectivity index (χ2n) is 4.02. The van der Waals surface area contributed by atoms with Crippen molar-refractivity contribution in [2.75, 3.05) is 11.9 Å². The van der Waals surface area contributed by atoms with Gasteiger partial charge in [0, 0.05) is 5.69 Å². The summed E-state index contributed by atoms with van der Waals surface area (Å²) >= 11 is 1.49. The molecule has 2 rings (SSSR count). The fourth-order valence-corrected chi connectivity index (χ4v) is 2.45. The standard InChI is InChI=1S/C14H15NOS/c1-10-5-3-6-11(2)14(10)15-9-12(16)13-7-4-8-17-13/h3-8,15H,9H2,1-2H3. The van der Waals surface area contributed by atoms with E-state index in [0.717, 1.165) is 10.6 Å². The van der Waals surface area contributed by atoms with E-state index in [2.05, 4.69) is 5.32 Å². The monoisotopic (exact) mass is 245 g/mol. The van der Waals surface area contributed by atoms with E-state index < -0.39 is 0 Å². The lowest BCUT2D eigenvalue weighted by molar-refractivity contribution is 0.101. The number of anilines is 1. The molecule has 0 saturated carbocycles. The molecule has 0 amide bonds. The molecule has 88 valence electrons. The van der Waals surface area contributed by atoms with E-state index in [1.165, 1.54) is 22.5 Å². The minimum Gasteiger partial charge on any atom is -0.377 e. The molecule has 1 N–H and O–H groups in total. The van der Waals surface area contributed by atoms with Gasteiger partial charge in [0.2, 0.25) is 0 Å². The number of hydrogen-bond acceptors (Lipinski definition) is 3. The molecule has 0 atom stereocenters. The topological polar surface area (TPSA) is 29.1 Å². The van der Waals surface area contributed by atoms with Crippen LogP contribution in [0.4, 0.5) is 5.69 Å². The third kappa shape index (κ3) is 2.74. The van der Waals surface area contributed by atoms with E-state index >= 15 is 0 Å². The van der Waals surface area contributed by atoms with Gasteiger partial charge < -0.3 is 5.32 Å². The predicted molar refractivity (Wildman–Crippen MR) is 73.1 cm³/mol. The van der Waals surface area contributed by atoms with Crippen LogP contribution in [0.15, 0.2) is 35.7 Å². The Morgan fingerprint density at radius 2 is 1.88 bits per heavy atom. The van der Waals surface area contributed by atoms with Crippen molar-refractivity contribution in [3.05, 3.63) is 51.7 Å². The van der Waals surface area contributed by atoms with Gasteiger partial charge in [-0.25, -0.2) is 0 Å². The van der Waals surface area contributed by atoms with Crippen molar-refractivity contribution in [2.45, 2.75) is 13.8 Å². The zero-order valence-electron chi connectivity index (χ0n) is 9.99. The van der Waals surface area contributed by atoms with Gasteiger partial charge in [-0.1, -0.05) is 24.3 Å². The Kier molecular flexibility index (Phi) is 3.59. The maximum absolute atomic E-state index is 11.8. The molecule has 0 aliphatic carbocycles. The Morgan fingerprint density at radius 3 is 2.47 bits per heavy atom. The first-order valence-electron chi connectivity index (χ1n) is 5.55.